The van der Waals surface area contributed by atoms with Gasteiger partial charge in [-0.3, -0.25) is 4.79 Å². The Morgan fingerprint density at radius 3 is 3.05 bits per heavy atom. The molecule has 3 rings (SSSR count). The van der Waals surface area contributed by atoms with Crippen LogP contribution >= 0.6 is 11.6 Å². The van der Waals surface area contributed by atoms with E-state index < -0.39 is 6.10 Å². The molecule has 3 N–H and O–H groups in total. The first-order valence-corrected chi connectivity index (χ1v) is 7.78. The van der Waals surface area contributed by atoms with Crippen LogP contribution in [0.25, 0.3) is 0 Å². The predicted octanol–water partition coefficient (Wildman–Crippen LogP) is 0.870. The van der Waals surface area contributed by atoms with Gasteiger partial charge in [-0.15, -0.1) is 0 Å². The molecule has 22 heavy (non-hydrogen) atoms. The lowest BCUT2D eigenvalue weighted by molar-refractivity contribution is -0.124. The standard InChI is InChI=1S/C15H19ClN2O4/c16-11-5-10(6-13-14(11)22-4-3-21-13)12(19)8-18-15(20)9-1-2-17-7-9/h5-6,9,12,17,19H,1-4,7-8H2,(H,18,20). The minimum absolute atomic E-state index is 0.0175. The zero-order valence-electron chi connectivity index (χ0n) is 12.1. The number of benzene rings is 1. The molecule has 6 nitrogen and oxygen atoms in total. The summed E-state index contributed by atoms with van der Waals surface area (Å²) < 4.78 is 10.9. The van der Waals surface area contributed by atoms with Gasteiger partial charge in [0.05, 0.1) is 17.0 Å². The third kappa shape index (κ3) is 3.29. The second kappa shape index (κ2) is 6.73. The van der Waals surface area contributed by atoms with Gasteiger partial charge in [0.1, 0.15) is 13.2 Å². The SMILES string of the molecule is O=C(NCC(O)c1cc(Cl)c2c(c1)OCCO2)C1CCNC1. The van der Waals surface area contributed by atoms with Gasteiger partial charge in [0.25, 0.3) is 0 Å². The fraction of sp³-hybridized carbons (Fsp3) is 0.533. The second-order valence-electron chi connectivity index (χ2n) is 5.48. The molecule has 1 aromatic rings. The fourth-order valence-electron chi connectivity index (χ4n) is 2.66. The second-order valence-corrected chi connectivity index (χ2v) is 5.88. The van der Waals surface area contributed by atoms with Crippen molar-refractivity contribution in [2.45, 2.75) is 12.5 Å². The number of aliphatic hydroxyl groups excluding tert-OH is 1. The van der Waals surface area contributed by atoms with E-state index in [1.165, 1.54) is 0 Å². The number of nitrogens with one attached hydrogen (secondary N) is 2. The van der Waals surface area contributed by atoms with Crippen molar-refractivity contribution in [2.24, 2.45) is 5.92 Å². The molecule has 2 heterocycles. The van der Waals surface area contributed by atoms with Gasteiger partial charge >= 0.3 is 0 Å². The summed E-state index contributed by atoms with van der Waals surface area (Å²) in [5, 5.41) is 16.6. The molecule has 120 valence electrons. The number of halogens is 1. The van der Waals surface area contributed by atoms with Crippen LogP contribution in [0.5, 0.6) is 11.5 Å². The molecule has 1 fully saturated rings. The minimum Gasteiger partial charge on any atom is -0.486 e. The molecule has 0 radical (unpaired) electrons. The van der Waals surface area contributed by atoms with E-state index >= 15 is 0 Å². The van der Waals surface area contributed by atoms with E-state index in [2.05, 4.69) is 10.6 Å². The van der Waals surface area contributed by atoms with Crippen molar-refractivity contribution >= 4 is 17.5 Å². The summed E-state index contributed by atoms with van der Waals surface area (Å²) in [7, 11) is 0. The molecular weight excluding hydrogens is 308 g/mol. The average molecular weight is 327 g/mol. The number of aliphatic hydroxyl groups is 1. The van der Waals surface area contributed by atoms with E-state index in [0.29, 0.717) is 41.8 Å². The zero-order valence-corrected chi connectivity index (χ0v) is 12.9. The Morgan fingerprint density at radius 2 is 2.27 bits per heavy atom. The molecule has 2 unspecified atom stereocenters. The van der Waals surface area contributed by atoms with Crippen LogP contribution in [-0.2, 0) is 4.79 Å². The number of amides is 1. The highest BCUT2D eigenvalue weighted by atomic mass is 35.5. The van der Waals surface area contributed by atoms with Crippen LogP contribution in [0.1, 0.15) is 18.1 Å². The summed E-state index contributed by atoms with van der Waals surface area (Å²) in [6.45, 7) is 2.61. The molecule has 0 saturated carbocycles. The third-order valence-corrected chi connectivity index (χ3v) is 4.19. The first-order valence-electron chi connectivity index (χ1n) is 7.40. The topological polar surface area (TPSA) is 79.8 Å². The lowest BCUT2D eigenvalue weighted by Crippen LogP contribution is -2.34. The molecule has 2 aliphatic heterocycles. The third-order valence-electron chi connectivity index (χ3n) is 3.90. The predicted molar refractivity (Wildman–Crippen MR) is 81.4 cm³/mol. The molecule has 1 saturated heterocycles. The smallest absolute Gasteiger partial charge is 0.224 e. The highest BCUT2D eigenvalue weighted by Gasteiger charge is 2.24. The number of carbonyl (C=O) groups excluding carboxylic acids is 1. The Kier molecular flexibility index (Phi) is 4.71. The number of ether oxygens (including phenoxy) is 2. The van der Waals surface area contributed by atoms with Crippen LogP contribution in [-0.4, -0.2) is 43.9 Å². The van der Waals surface area contributed by atoms with Crippen LogP contribution in [0.4, 0.5) is 0 Å². The van der Waals surface area contributed by atoms with Crippen LogP contribution in [0, 0.1) is 5.92 Å². The summed E-state index contributed by atoms with van der Waals surface area (Å²) in [4.78, 5) is 11.9. The monoisotopic (exact) mass is 326 g/mol. The minimum atomic E-state index is -0.841. The highest BCUT2D eigenvalue weighted by Crippen LogP contribution is 2.39. The lowest BCUT2D eigenvalue weighted by Gasteiger charge is -2.22. The quantitative estimate of drug-likeness (QED) is 0.765. The average Bonchev–Trinajstić information content (AvgIpc) is 3.06. The van der Waals surface area contributed by atoms with Crippen molar-refractivity contribution in [1.82, 2.24) is 10.6 Å². The van der Waals surface area contributed by atoms with Crippen molar-refractivity contribution in [1.29, 1.82) is 0 Å². The number of hydrogen-bond donors (Lipinski definition) is 3. The van der Waals surface area contributed by atoms with Gasteiger partial charge < -0.3 is 25.2 Å². The number of rotatable bonds is 4. The number of fused-ring (bicyclic) bond motifs is 1. The summed E-state index contributed by atoms with van der Waals surface area (Å²) >= 11 is 6.15. The molecule has 1 amide bonds. The molecule has 0 aliphatic carbocycles. The summed E-state index contributed by atoms with van der Waals surface area (Å²) in [5.74, 6) is 0.979. The van der Waals surface area contributed by atoms with Gasteiger partial charge in [-0.1, -0.05) is 11.6 Å². The van der Waals surface area contributed by atoms with Crippen molar-refractivity contribution < 1.29 is 19.4 Å². The van der Waals surface area contributed by atoms with Gasteiger partial charge in [-0.2, -0.15) is 0 Å². The van der Waals surface area contributed by atoms with E-state index in [4.69, 9.17) is 21.1 Å². The Morgan fingerprint density at radius 1 is 1.45 bits per heavy atom. The van der Waals surface area contributed by atoms with Gasteiger partial charge in [-0.05, 0) is 30.7 Å². The fourth-order valence-corrected chi connectivity index (χ4v) is 2.93. The lowest BCUT2D eigenvalue weighted by atomic mass is 10.1. The van der Waals surface area contributed by atoms with Crippen LogP contribution < -0.4 is 20.1 Å². The molecule has 0 spiro atoms. The molecule has 2 atom stereocenters. The Hall–Kier alpha value is -1.50. The molecule has 2 aliphatic rings. The highest BCUT2D eigenvalue weighted by molar-refractivity contribution is 6.32. The zero-order chi connectivity index (χ0) is 15.5. The molecular formula is C15H19ClN2O4. The van der Waals surface area contributed by atoms with E-state index in [-0.39, 0.29) is 18.4 Å². The summed E-state index contributed by atoms with van der Waals surface area (Å²) in [6, 6.07) is 3.34. The normalized spacial score (nSPS) is 21.5. The molecule has 0 bridgehead atoms. The Labute approximate surface area is 133 Å². The Balaban J connectivity index is 1.63. The van der Waals surface area contributed by atoms with Crippen LogP contribution in [0.15, 0.2) is 12.1 Å². The van der Waals surface area contributed by atoms with E-state index in [1.807, 2.05) is 0 Å². The van der Waals surface area contributed by atoms with Crippen molar-refractivity contribution in [3.63, 3.8) is 0 Å². The van der Waals surface area contributed by atoms with Crippen molar-refractivity contribution in [3.8, 4) is 11.5 Å². The number of carbonyl (C=O) groups is 1. The van der Waals surface area contributed by atoms with Crippen molar-refractivity contribution in [3.05, 3.63) is 22.7 Å². The van der Waals surface area contributed by atoms with E-state index in [9.17, 15) is 9.90 Å². The maximum atomic E-state index is 11.9. The largest absolute Gasteiger partial charge is 0.486 e. The van der Waals surface area contributed by atoms with Gasteiger partial charge in [0.15, 0.2) is 11.5 Å². The van der Waals surface area contributed by atoms with Gasteiger partial charge in [-0.25, -0.2) is 0 Å². The summed E-state index contributed by atoms with van der Waals surface area (Å²) in [6.07, 6.45) is -0.00994. The number of hydrogen-bond acceptors (Lipinski definition) is 5. The molecule has 1 aromatic carbocycles. The first kappa shape index (κ1) is 15.4. The van der Waals surface area contributed by atoms with E-state index in [0.717, 1.165) is 13.0 Å². The summed E-state index contributed by atoms with van der Waals surface area (Å²) in [5.41, 5.74) is 0.596. The first-order chi connectivity index (χ1) is 10.6. The molecule has 0 aromatic heterocycles. The maximum absolute atomic E-state index is 11.9. The van der Waals surface area contributed by atoms with Gasteiger partial charge in [0.2, 0.25) is 5.91 Å². The Bertz CT molecular complexity index is 561. The maximum Gasteiger partial charge on any atom is 0.224 e. The molecule has 7 heteroatoms. The van der Waals surface area contributed by atoms with Crippen LogP contribution in [0.3, 0.4) is 0 Å². The van der Waals surface area contributed by atoms with E-state index in [1.54, 1.807) is 12.1 Å². The van der Waals surface area contributed by atoms with Crippen molar-refractivity contribution in [2.75, 3.05) is 32.8 Å². The van der Waals surface area contributed by atoms with Gasteiger partial charge in [0, 0.05) is 13.1 Å². The van der Waals surface area contributed by atoms with Crippen LogP contribution in [0.2, 0.25) is 5.02 Å².